The molecule has 4 nitrogen and oxygen atoms in total. The molecule has 0 amide bonds. The van der Waals surface area contributed by atoms with Crippen LogP contribution >= 0.6 is 67.5 Å². The van der Waals surface area contributed by atoms with Crippen LogP contribution in [0.3, 0.4) is 0 Å². The fourth-order valence-corrected chi connectivity index (χ4v) is 3.43. The van der Waals surface area contributed by atoms with E-state index in [1.165, 1.54) is 0 Å². The molecule has 0 atom stereocenters. The van der Waals surface area contributed by atoms with Crippen LogP contribution in [0.1, 0.15) is 0 Å². The maximum atomic E-state index is 11.1. The van der Waals surface area contributed by atoms with Gasteiger partial charge >= 0.3 is 11.3 Å². The van der Waals surface area contributed by atoms with Gasteiger partial charge in [-0.25, -0.2) is 4.57 Å². The highest BCUT2D eigenvalue weighted by molar-refractivity contribution is 8.24. The van der Waals surface area contributed by atoms with Crippen LogP contribution in [0.2, 0.25) is 0 Å². The predicted molar refractivity (Wildman–Crippen MR) is 135 cm³/mol. The number of fused-ring (bicyclic) bond motifs is 2. The van der Waals surface area contributed by atoms with Crippen LogP contribution in [0, 0.1) is 0 Å². The van der Waals surface area contributed by atoms with E-state index < -0.39 is 11.3 Å². The number of phenols is 1. The van der Waals surface area contributed by atoms with Crippen LogP contribution in [0.4, 0.5) is 0 Å². The second-order valence-corrected chi connectivity index (χ2v) is 16.7. The third-order valence-electron chi connectivity index (χ3n) is 3.72. The summed E-state index contributed by atoms with van der Waals surface area (Å²) in [4.78, 5) is 0. The van der Waals surface area contributed by atoms with Crippen LogP contribution in [0.25, 0.3) is 21.5 Å². The molecule has 4 aromatic carbocycles. The van der Waals surface area contributed by atoms with Crippen LogP contribution < -0.4 is 4.52 Å². The molecule has 0 heterocycles. The molecule has 0 aliphatic rings. The number of aromatic hydroxyl groups is 1. The molecule has 0 radical (unpaired) electrons. The highest BCUT2D eigenvalue weighted by Gasteiger charge is 2.17. The fourth-order valence-electron chi connectivity index (χ4n) is 2.60. The summed E-state index contributed by atoms with van der Waals surface area (Å²) >= 11 is 24.6. The molecule has 0 aromatic heterocycles. The molecule has 31 heavy (non-hydrogen) atoms. The van der Waals surface area contributed by atoms with Gasteiger partial charge in [0.2, 0.25) is 0 Å². The van der Waals surface area contributed by atoms with Crippen LogP contribution in [-0.2, 0) is 9.13 Å². The van der Waals surface area contributed by atoms with Gasteiger partial charge in [0.05, 0.1) is 0 Å². The average Bonchev–Trinajstić information content (AvgIpc) is 2.67. The molecule has 0 saturated heterocycles. The first kappa shape index (κ1) is 26.2. The maximum absolute atomic E-state index is 11.1. The summed E-state index contributed by atoms with van der Waals surface area (Å²) in [6.45, 7) is 0. The lowest BCUT2D eigenvalue weighted by atomic mass is 10.1. The Hall–Kier alpha value is -1.09. The van der Waals surface area contributed by atoms with Gasteiger partial charge in [-0.05, 0) is 56.6 Å². The molecule has 164 valence electrons. The van der Waals surface area contributed by atoms with Gasteiger partial charge in [0.25, 0.3) is 0 Å². The zero-order valence-corrected chi connectivity index (χ0v) is 21.1. The fraction of sp³-hybridized carbons (Fsp3) is 0. The minimum Gasteiger partial charge on any atom is -0.507 e. The number of rotatable bonds is 2. The normalized spacial score (nSPS) is 11.1. The third-order valence-corrected chi connectivity index (χ3v) is 4.54. The van der Waals surface area contributed by atoms with Crippen molar-refractivity contribution in [3.05, 3.63) is 84.9 Å². The van der Waals surface area contributed by atoms with Gasteiger partial charge in [-0.3, -0.25) is 4.57 Å². The molecular weight excluding hydrogens is 543 g/mol. The van der Waals surface area contributed by atoms with E-state index in [9.17, 15) is 14.2 Å². The zero-order chi connectivity index (χ0) is 23.1. The third kappa shape index (κ3) is 9.93. The number of hydrogen-bond acceptors (Lipinski definition) is 4. The van der Waals surface area contributed by atoms with Gasteiger partial charge < -0.3 is 9.63 Å². The van der Waals surface area contributed by atoms with E-state index in [0.29, 0.717) is 11.5 Å². The van der Waals surface area contributed by atoms with Crippen molar-refractivity contribution in [1.29, 1.82) is 0 Å². The Morgan fingerprint density at radius 2 is 1.03 bits per heavy atom. The molecule has 11 heteroatoms. The molecule has 0 saturated carbocycles. The summed E-state index contributed by atoms with van der Waals surface area (Å²) in [5, 5.41) is 9.96. The van der Waals surface area contributed by atoms with Gasteiger partial charge in [0, 0.05) is 33.3 Å². The Balaban J connectivity index is 0.000000187. The highest BCUT2D eigenvalue weighted by atomic mass is 36.0. The number of halogens is 5. The average molecular weight is 559 g/mol. The molecule has 0 fully saturated rings. The van der Waals surface area contributed by atoms with Gasteiger partial charge in [-0.15, -0.1) is 0 Å². The quantitative estimate of drug-likeness (QED) is 0.249. The summed E-state index contributed by atoms with van der Waals surface area (Å²) in [6.07, 6.45) is -3.55. The van der Waals surface area contributed by atoms with Crippen LogP contribution in [0.5, 0.6) is 11.5 Å². The van der Waals surface area contributed by atoms with E-state index in [2.05, 4.69) is 33.7 Å². The van der Waals surface area contributed by atoms with Crippen molar-refractivity contribution in [3.63, 3.8) is 0 Å². The summed E-state index contributed by atoms with van der Waals surface area (Å²) < 4.78 is 25.6. The Morgan fingerprint density at radius 1 is 0.613 bits per heavy atom. The van der Waals surface area contributed by atoms with E-state index in [4.69, 9.17) is 27.0 Å². The van der Waals surface area contributed by atoms with E-state index in [0.717, 1.165) is 21.5 Å². The SMILES string of the molecule is O=P(Cl)(Cl)Cl.O=P(Cl)(Cl)Oc1cccc2ccccc12.Oc1cccc2ccccc12. The van der Waals surface area contributed by atoms with Gasteiger partial charge in [-0.1, -0.05) is 72.8 Å². The molecule has 1 N–H and O–H groups in total. The lowest BCUT2D eigenvalue weighted by Gasteiger charge is -2.08. The second kappa shape index (κ2) is 11.7. The van der Waals surface area contributed by atoms with Crippen LogP contribution in [0.15, 0.2) is 84.9 Å². The summed E-state index contributed by atoms with van der Waals surface area (Å²) in [5.74, 6) is 0.782. The van der Waals surface area contributed by atoms with Crippen molar-refractivity contribution in [2.75, 3.05) is 0 Å². The van der Waals surface area contributed by atoms with Crippen LogP contribution in [-0.4, -0.2) is 5.11 Å². The molecule has 0 unspecified atom stereocenters. The molecule has 0 aliphatic carbocycles. The minimum absolute atomic E-state index is 0.350. The standard InChI is InChI=1S/C10H7Cl2O2P.C10H8O.Cl3OP/c11-15(12,13)14-10-7-3-5-8-4-1-2-6-9(8)10;11-10-7-3-5-8-4-1-2-6-9(8)10;1-5(2,3)4/h1-7H;1-7,11H;. The van der Waals surface area contributed by atoms with Crippen molar-refractivity contribution < 1.29 is 18.8 Å². The molecule has 0 bridgehead atoms. The largest absolute Gasteiger partial charge is 0.507 e. The van der Waals surface area contributed by atoms with Crippen molar-refractivity contribution >= 4 is 89.0 Å². The van der Waals surface area contributed by atoms with Gasteiger partial charge in [0.15, 0.2) is 0 Å². The summed E-state index contributed by atoms with van der Waals surface area (Å²) in [5.41, 5.74) is 0. The second-order valence-electron chi connectivity index (χ2n) is 5.88. The van der Waals surface area contributed by atoms with E-state index in [-0.39, 0.29) is 0 Å². The molecule has 4 rings (SSSR count). The first-order valence-electron chi connectivity index (χ1n) is 8.46. The van der Waals surface area contributed by atoms with E-state index in [1.54, 1.807) is 18.2 Å². The van der Waals surface area contributed by atoms with Crippen molar-refractivity contribution in [2.24, 2.45) is 0 Å². The number of phenolic OH excluding ortho intramolecular Hbond substituents is 1. The van der Waals surface area contributed by atoms with Gasteiger partial charge in [0.1, 0.15) is 11.5 Å². The van der Waals surface area contributed by atoms with E-state index in [1.807, 2.05) is 66.7 Å². The smallest absolute Gasteiger partial charge is 0.428 e. The maximum Gasteiger partial charge on any atom is 0.428 e. The topological polar surface area (TPSA) is 63.6 Å². The first-order chi connectivity index (χ1) is 14.4. The first-order valence-corrected chi connectivity index (χ1v) is 16.3. The Kier molecular flexibility index (Phi) is 9.86. The van der Waals surface area contributed by atoms with Crippen molar-refractivity contribution in [1.82, 2.24) is 0 Å². The predicted octanol–water partition coefficient (Wildman–Crippen LogP) is 10.2. The number of benzene rings is 4. The Bertz CT molecular complexity index is 1240. The summed E-state index contributed by atoms with van der Waals surface area (Å²) in [6, 6.07) is 26.2. The lowest BCUT2D eigenvalue weighted by Crippen LogP contribution is -1.83. The highest BCUT2D eigenvalue weighted by Crippen LogP contribution is 2.61. The van der Waals surface area contributed by atoms with E-state index >= 15 is 0 Å². The Labute approximate surface area is 203 Å². The van der Waals surface area contributed by atoms with Crippen molar-refractivity contribution in [3.8, 4) is 11.5 Å². The molecule has 0 aliphatic heterocycles. The van der Waals surface area contributed by atoms with Gasteiger partial charge in [-0.2, -0.15) is 0 Å². The minimum atomic E-state index is -3.55. The molecule has 4 aromatic rings. The monoisotopic (exact) mass is 556 g/mol. The molecular formula is C20H15Cl5O4P2. The zero-order valence-electron chi connectivity index (χ0n) is 15.5. The Morgan fingerprint density at radius 3 is 1.55 bits per heavy atom. The summed E-state index contributed by atoms with van der Waals surface area (Å²) in [7, 11) is 0. The number of hydrogen-bond donors (Lipinski definition) is 1. The lowest BCUT2D eigenvalue weighted by molar-refractivity contribution is 0.481. The molecule has 0 spiro atoms. The van der Waals surface area contributed by atoms with Crippen molar-refractivity contribution in [2.45, 2.75) is 0 Å².